The second-order valence-electron chi connectivity index (χ2n) is 6.31. The van der Waals surface area contributed by atoms with E-state index in [0.717, 1.165) is 22.9 Å². The first kappa shape index (κ1) is 20.7. The standard InChI is InChI=1S/C21H23NO4S/c1-3-19(23)27-13-17(11-15-7-5-4-6-8-15)20(24)22-18-10-14(2)9-16(12-18)21(25)26/h4-10,12,17H,3,11,13H2,1-2H3,(H,22,24)(H,25,26)/t17-/m0/s1. The molecule has 0 radical (unpaired) electrons. The van der Waals surface area contributed by atoms with Crippen molar-refractivity contribution < 1.29 is 19.5 Å². The maximum Gasteiger partial charge on any atom is 0.335 e. The van der Waals surface area contributed by atoms with Gasteiger partial charge in [0.15, 0.2) is 5.12 Å². The monoisotopic (exact) mass is 385 g/mol. The van der Waals surface area contributed by atoms with Crippen LogP contribution in [0.4, 0.5) is 5.69 Å². The van der Waals surface area contributed by atoms with E-state index in [9.17, 15) is 19.5 Å². The summed E-state index contributed by atoms with van der Waals surface area (Å²) >= 11 is 1.16. The second kappa shape index (κ2) is 9.92. The number of aromatic carboxylic acids is 1. The summed E-state index contributed by atoms with van der Waals surface area (Å²) in [5.74, 6) is -1.29. The first-order valence-electron chi connectivity index (χ1n) is 8.74. The summed E-state index contributed by atoms with van der Waals surface area (Å²) in [6.45, 7) is 3.57. The van der Waals surface area contributed by atoms with Crippen molar-refractivity contribution in [1.29, 1.82) is 0 Å². The van der Waals surface area contributed by atoms with Crippen molar-refractivity contribution in [3.63, 3.8) is 0 Å². The number of amides is 1. The van der Waals surface area contributed by atoms with Gasteiger partial charge >= 0.3 is 5.97 Å². The molecular formula is C21H23NO4S. The Kier molecular flexibility index (Phi) is 7.61. The van der Waals surface area contributed by atoms with Crippen LogP contribution in [0.5, 0.6) is 0 Å². The van der Waals surface area contributed by atoms with Gasteiger partial charge < -0.3 is 10.4 Å². The Morgan fingerprint density at radius 1 is 1.11 bits per heavy atom. The zero-order chi connectivity index (χ0) is 19.8. The van der Waals surface area contributed by atoms with Crippen molar-refractivity contribution in [3.8, 4) is 0 Å². The van der Waals surface area contributed by atoms with Crippen LogP contribution in [0.2, 0.25) is 0 Å². The van der Waals surface area contributed by atoms with Gasteiger partial charge in [0.2, 0.25) is 5.91 Å². The van der Waals surface area contributed by atoms with Crippen LogP contribution in [0.15, 0.2) is 48.5 Å². The number of thioether (sulfide) groups is 1. The Morgan fingerprint density at radius 3 is 2.44 bits per heavy atom. The van der Waals surface area contributed by atoms with Crippen LogP contribution in [0.3, 0.4) is 0 Å². The first-order chi connectivity index (χ1) is 12.9. The first-order valence-corrected chi connectivity index (χ1v) is 9.73. The highest BCUT2D eigenvalue weighted by molar-refractivity contribution is 8.13. The lowest BCUT2D eigenvalue weighted by atomic mass is 10.00. The van der Waals surface area contributed by atoms with Gasteiger partial charge in [-0.1, -0.05) is 49.0 Å². The number of rotatable bonds is 8. The molecule has 0 aliphatic carbocycles. The fourth-order valence-electron chi connectivity index (χ4n) is 2.64. The molecule has 0 heterocycles. The molecule has 2 aromatic rings. The summed E-state index contributed by atoms with van der Waals surface area (Å²) < 4.78 is 0. The van der Waals surface area contributed by atoms with Gasteiger partial charge in [-0.15, -0.1) is 0 Å². The second-order valence-corrected chi connectivity index (χ2v) is 7.38. The SMILES string of the molecule is CCC(=O)SC[C@H](Cc1ccccc1)C(=O)Nc1cc(C)cc(C(=O)O)c1. The molecule has 6 heteroatoms. The molecule has 1 amide bonds. The number of carbonyl (C=O) groups excluding carboxylic acids is 2. The van der Waals surface area contributed by atoms with Crippen molar-refractivity contribution >= 4 is 34.4 Å². The van der Waals surface area contributed by atoms with Crippen LogP contribution in [0, 0.1) is 12.8 Å². The Bertz CT molecular complexity index is 820. The van der Waals surface area contributed by atoms with E-state index >= 15 is 0 Å². The van der Waals surface area contributed by atoms with E-state index in [1.165, 1.54) is 6.07 Å². The molecule has 0 unspecified atom stereocenters. The van der Waals surface area contributed by atoms with Gasteiger partial charge in [-0.25, -0.2) is 4.79 Å². The molecule has 2 N–H and O–H groups in total. The number of carbonyl (C=O) groups is 3. The van der Waals surface area contributed by atoms with Gasteiger partial charge in [-0.3, -0.25) is 9.59 Å². The van der Waals surface area contributed by atoms with Gasteiger partial charge in [-0.2, -0.15) is 0 Å². The minimum Gasteiger partial charge on any atom is -0.478 e. The maximum atomic E-state index is 12.8. The normalized spacial score (nSPS) is 11.6. The zero-order valence-corrected chi connectivity index (χ0v) is 16.2. The van der Waals surface area contributed by atoms with Crippen LogP contribution in [0.1, 0.15) is 34.8 Å². The quantitative estimate of drug-likeness (QED) is 0.713. The van der Waals surface area contributed by atoms with Gasteiger partial charge in [0.25, 0.3) is 0 Å². The lowest BCUT2D eigenvalue weighted by molar-refractivity contribution is -0.119. The minimum absolute atomic E-state index is 0.0459. The molecule has 1 atom stereocenters. The van der Waals surface area contributed by atoms with Crippen molar-refractivity contribution in [2.24, 2.45) is 5.92 Å². The molecule has 0 fully saturated rings. The number of anilines is 1. The lowest BCUT2D eigenvalue weighted by Gasteiger charge is -2.17. The van der Waals surface area contributed by atoms with E-state index in [0.29, 0.717) is 24.3 Å². The van der Waals surface area contributed by atoms with Crippen LogP contribution in [0.25, 0.3) is 0 Å². The number of aryl methyl sites for hydroxylation is 1. The zero-order valence-electron chi connectivity index (χ0n) is 15.4. The summed E-state index contributed by atoms with van der Waals surface area (Å²) in [7, 11) is 0. The molecule has 0 saturated carbocycles. The summed E-state index contributed by atoms with van der Waals surface area (Å²) in [6.07, 6.45) is 0.929. The lowest BCUT2D eigenvalue weighted by Crippen LogP contribution is -2.27. The highest BCUT2D eigenvalue weighted by Gasteiger charge is 2.21. The highest BCUT2D eigenvalue weighted by atomic mass is 32.2. The molecule has 0 bridgehead atoms. The fourth-order valence-corrected chi connectivity index (χ4v) is 3.51. The van der Waals surface area contributed by atoms with Crippen molar-refractivity contribution in [2.75, 3.05) is 11.1 Å². The van der Waals surface area contributed by atoms with Gasteiger partial charge in [0, 0.05) is 17.9 Å². The minimum atomic E-state index is -1.04. The molecule has 2 aromatic carbocycles. The number of carboxylic acids is 1. The van der Waals surface area contributed by atoms with Crippen LogP contribution >= 0.6 is 11.8 Å². The van der Waals surface area contributed by atoms with Crippen LogP contribution < -0.4 is 5.32 Å². The molecule has 0 aliphatic heterocycles. The van der Waals surface area contributed by atoms with Gasteiger partial charge in [0.1, 0.15) is 0 Å². The number of carboxylic acid groups (broad SMARTS) is 1. The predicted octanol–water partition coefficient (Wildman–Crippen LogP) is 4.16. The summed E-state index contributed by atoms with van der Waals surface area (Å²) in [5, 5.41) is 12.0. The number of nitrogens with one attached hydrogen (secondary N) is 1. The van der Waals surface area contributed by atoms with E-state index in [1.54, 1.807) is 26.0 Å². The predicted molar refractivity (Wildman–Crippen MR) is 108 cm³/mol. The molecule has 27 heavy (non-hydrogen) atoms. The van der Waals surface area contributed by atoms with Crippen molar-refractivity contribution in [1.82, 2.24) is 0 Å². The third-order valence-electron chi connectivity index (χ3n) is 4.02. The molecule has 5 nitrogen and oxygen atoms in total. The Hall–Kier alpha value is -2.60. The van der Waals surface area contributed by atoms with Crippen LogP contribution in [-0.2, 0) is 16.0 Å². The topological polar surface area (TPSA) is 83.5 Å². The molecular weight excluding hydrogens is 362 g/mol. The Balaban J connectivity index is 2.17. The molecule has 142 valence electrons. The van der Waals surface area contributed by atoms with Gasteiger partial charge in [0.05, 0.1) is 11.5 Å². The third-order valence-corrected chi connectivity index (χ3v) is 5.20. The van der Waals surface area contributed by atoms with E-state index in [4.69, 9.17) is 0 Å². The molecule has 0 aromatic heterocycles. The summed E-state index contributed by atoms with van der Waals surface area (Å²) in [5.41, 5.74) is 2.33. The largest absolute Gasteiger partial charge is 0.478 e. The van der Waals surface area contributed by atoms with Crippen LogP contribution in [-0.4, -0.2) is 27.9 Å². The highest BCUT2D eigenvalue weighted by Crippen LogP contribution is 2.20. The number of benzene rings is 2. The fraction of sp³-hybridized carbons (Fsp3) is 0.286. The van der Waals surface area contributed by atoms with Crippen molar-refractivity contribution in [3.05, 3.63) is 65.2 Å². The smallest absolute Gasteiger partial charge is 0.335 e. The Labute approximate surface area is 163 Å². The summed E-state index contributed by atoms with van der Waals surface area (Å²) in [6, 6.07) is 14.3. The van der Waals surface area contributed by atoms with E-state index in [2.05, 4.69) is 5.32 Å². The van der Waals surface area contributed by atoms with Crippen molar-refractivity contribution in [2.45, 2.75) is 26.7 Å². The van der Waals surface area contributed by atoms with Gasteiger partial charge in [-0.05, 0) is 42.7 Å². The molecule has 0 aliphatic rings. The molecule has 0 spiro atoms. The average Bonchev–Trinajstić information content (AvgIpc) is 2.64. The maximum absolute atomic E-state index is 12.8. The van der Waals surface area contributed by atoms with E-state index in [1.807, 2.05) is 30.3 Å². The Morgan fingerprint density at radius 2 is 1.81 bits per heavy atom. The number of hydrogen-bond acceptors (Lipinski definition) is 4. The number of hydrogen-bond donors (Lipinski definition) is 2. The molecule has 2 rings (SSSR count). The third kappa shape index (κ3) is 6.57. The van der Waals surface area contributed by atoms with E-state index in [-0.39, 0.29) is 16.6 Å². The summed E-state index contributed by atoms with van der Waals surface area (Å²) in [4.78, 5) is 35.7. The average molecular weight is 385 g/mol. The molecule has 0 saturated heterocycles. The van der Waals surface area contributed by atoms with E-state index < -0.39 is 11.9 Å².